The predicted octanol–water partition coefficient (Wildman–Crippen LogP) is 3.03. The summed E-state index contributed by atoms with van der Waals surface area (Å²) in [5, 5.41) is 13.3. The van der Waals surface area contributed by atoms with Crippen molar-refractivity contribution >= 4 is 23.2 Å². The van der Waals surface area contributed by atoms with E-state index in [-0.39, 0.29) is 12.6 Å². The van der Waals surface area contributed by atoms with Crippen LogP contribution in [0.1, 0.15) is 24.9 Å². The minimum atomic E-state index is 0.127. The van der Waals surface area contributed by atoms with Gasteiger partial charge in [0.25, 0.3) is 0 Å². The molecule has 0 heterocycles. The smallest absolute Gasteiger partial charge is 0.0556 e. The van der Waals surface area contributed by atoms with Crippen LogP contribution in [0, 0.1) is 0 Å². The first kappa shape index (κ1) is 12.8. The van der Waals surface area contributed by atoms with Gasteiger partial charge < -0.3 is 10.4 Å². The Labute approximate surface area is 100 Å². The van der Waals surface area contributed by atoms with E-state index in [4.69, 9.17) is 28.3 Å². The molecule has 0 aliphatic rings. The summed E-state index contributed by atoms with van der Waals surface area (Å²) in [4.78, 5) is 0. The largest absolute Gasteiger partial charge is 0.395 e. The lowest BCUT2D eigenvalue weighted by Crippen LogP contribution is -2.24. The van der Waals surface area contributed by atoms with Crippen LogP contribution in [0.2, 0.25) is 10.0 Å². The van der Waals surface area contributed by atoms with E-state index in [0.717, 1.165) is 12.0 Å². The Hall–Kier alpha value is -0.280. The number of hydrogen-bond acceptors (Lipinski definition) is 2. The van der Waals surface area contributed by atoms with Crippen molar-refractivity contribution in [1.82, 2.24) is 5.32 Å². The minimum Gasteiger partial charge on any atom is -0.395 e. The first-order valence-corrected chi connectivity index (χ1v) is 5.73. The van der Waals surface area contributed by atoms with Gasteiger partial charge in [-0.3, -0.25) is 0 Å². The molecular formula is C11H15Cl2NO. The molecule has 0 saturated heterocycles. The van der Waals surface area contributed by atoms with Gasteiger partial charge in [0, 0.05) is 22.6 Å². The van der Waals surface area contributed by atoms with Crippen molar-refractivity contribution in [3.8, 4) is 0 Å². The minimum absolute atomic E-state index is 0.127. The molecule has 2 nitrogen and oxygen atoms in total. The maximum absolute atomic E-state index is 8.75. The highest BCUT2D eigenvalue weighted by molar-refractivity contribution is 6.35. The molecule has 1 unspecified atom stereocenters. The van der Waals surface area contributed by atoms with Crippen LogP contribution < -0.4 is 5.32 Å². The fourth-order valence-corrected chi connectivity index (χ4v) is 2.04. The van der Waals surface area contributed by atoms with Crippen molar-refractivity contribution in [2.24, 2.45) is 0 Å². The molecule has 1 atom stereocenters. The molecule has 0 saturated carbocycles. The summed E-state index contributed by atoms with van der Waals surface area (Å²) in [5.74, 6) is 0. The van der Waals surface area contributed by atoms with Gasteiger partial charge in [-0.2, -0.15) is 0 Å². The number of rotatable bonds is 5. The van der Waals surface area contributed by atoms with Crippen molar-refractivity contribution in [2.45, 2.75) is 19.4 Å². The van der Waals surface area contributed by atoms with Crippen molar-refractivity contribution in [3.63, 3.8) is 0 Å². The highest BCUT2D eigenvalue weighted by Crippen LogP contribution is 2.27. The number of aliphatic hydroxyl groups is 1. The Morgan fingerprint density at radius 1 is 1.40 bits per heavy atom. The number of aliphatic hydroxyl groups excluding tert-OH is 1. The van der Waals surface area contributed by atoms with Crippen LogP contribution in [0.4, 0.5) is 0 Å². The first-order valence-electron chi connectivity index (χ1n) is 4.98. The average molecular weight is 248 g/mol. The number of nitrogens with one attached hydrogen (secondary N) is 1. The molecule has 0 spiro atoms. The highest BCUT2D eigenvalue weighted by Gasteiger charge is 2.11. The second-order valence-electron chi connectivity index (χ2n) is 3.30. The summed E-state index contributed by atoms with van der Waals surface area (Å²) < 4.78 is 0. The van der Waals surface area contributed by atoms with E-state index in [1.165, 1.54) is 0 Å². The second-order valence-corrected chi connectivity index (χ2v) is 4.15. The predicted molar refractivity (Wildman–Crippen MR) is 64.6 cm³/mol. The molecule has 1 aromatic carbocycles. The zero-order chi connectivity index (χ0) is 11.3. The average Bonchev–Trinajstić information content (AvgIpc) is 2.21. The van der Waals surface area contributed by atoms with Gasteiger partial charge in [-0.1, -0.05) is 36.2 Å². The van der Waals surface area contributed by atoms with Crippen LogP contribution in [-0.2, 0) is 0 Å². The molecule has 84 valence electrons. The molecule has 1 rings (SSSR count). The molecular weight excluding hydrogens is 233 g/mol. The van der Waals surface area contributed by atoms with Crippen molar-refractivity contribution in [2.75, 3.05) is 13.2 Å². The van der Waals surface area contributed by atoms with Gasteiger partial charge in [-0.25, -0.2) is 0 Å². The fraction of sp³-hybridized carbons (Fsp3) is 0.455. The van der Waals surface area contributed by atoms with Crippen molar-refractivity contribution in [1.29, 1.82) is 0 Å². The van der Waals surface area contributed by atoms with Crippen LogP contribution in [0.3, 0.4) is 0 Å². The van der Waals surface area contributed by atoms with E-state index in [2.05, 4.69) is 12.2 Å². The topological polar surface area (TPSA) is 32.3 Å². The summed E-state index contributed by atoms with van der Waals surface area (Å²) >= 11 is 11.9. The first-order chi connectivity index (χ1) is 7.19. The van der Waals surface area contributed by atoms with Crippen LogP contribution in [0.25, 0.3) is 0 Å². The van der Waals surface area contributed by atoms with Gasteiger partial charge in [0.2, 0.25) is 0 Å². The zero-order valence-electron chi connectivity index (χ0n) is 8.63. The van der Waals surface area contributed by atoms with E-state index in [0.29, 0.717) is 16.6 Å². The fourth-order valence-electron chi connectivity index (χ4n) is 1.50. The zero-order valence-corrected chi connectivity index (χ0v) is 10.1. The Morgan fingerprint density at radius 3 is 2.67 bits per heavy atom. The van der Waals surface area contributed by atoms with Gasteiger partial charge in [-0.05, 0) is 24.1 Å². The summed E-state index contributed by atoms with van der Waals surface area (Å²) in [6.45, 7) is 2.76. The monoisotopic (exact) mass is 247 g/mol. The van der Waals surface area contributed by atoms with Crippen molar-refractivity contribution in [3.05, 3.63) is 33.8 Å². The quantitative estimate of drug-likeness (QED) is 0.839. The number of halogens is 2. The van der Waals surface area contributed by atoms with E-state index in [1.54, 1.807) is 6.07 Å². The van der Waals surface area contributed by atoms with Gasteiger partial charge in [-0.15, -0.1) is 0 Å². The number of hydrogen-bond donors (Lipinski definition) is 2. The second kappa shape index (κ2) is 6.33. The Morgan fingerprint density at radius 2 is 2.13 bits per heavy atom. The van der Waals surface area contributed by atoms with Gasteiger partial charge in [0.1, 0.15) is 0 Å². The lowest BCUT2D eigenvalue weighted by atomic mass is 10.0. The molecule has 15 heavy (non-hydrogen) atoms. The van der Waals surface area contributed by atoms with Crippen LogP contribution in [0.15, 0.2) is 18.2 Å². The molecule has 0 aliphatic carbocycles. The van der Waals surface area contributed by atoms with Gasteiger partial charge in [0.15, 0.2) is 0 Å². The maximum Gasteiger partial charge on any atom is 0.0556 e. The maximum atomic E-state index is 8.75. The van der Waals surface area contributed by atoms with Crippen molar-refractivity contribution < 1.29 is 5.11 Å². The standard InChI is InChI=1S/C11H15Cl2NO/c1-2-11(14-5-6-15)9-4-3-8(12)7-10(9)13/h3-4,7,11,14-15H,2,5-6H2,1H3. The third-order valence-electron chi connectivity index (χ3n) is 2.25. The summed E-state index contributed by atoms with van der Waals surface area (Å²) in [6, 6.07) is 5.65. The summed E-state index contributed by atoms with van der Waals surface area (Å²) in [5.41, 5.74) is 1.03. The third-order valence-corrected chi connectivity index (χ3v) is 2.81. The highest BCUT2D eigenvalue weighted by atomic mass is 35.5. The molecule has 0 amide bonds. The molecule has 4 heteroatoms. The lowest BCUT2D eigenvalue weighted by molar-refractivity contribution is 0.283. The third kappa shape index (κ3) is 3.65. The number of benzene rings is 1. The summed E-state index contributed by atoms with van der Waals surface area (Å²) in [7, 11) is 0. The SMILES string of the molecule is CCC(NCCO)c1ccc(Cl)cc1Cl. The molecule has 2 N–H and O–H groups in total. The van der Waals surface area contributed by atoms with E-state index in [9.17, 15) is 0 Å². The normalized spacial score (nSPS) is 12.8. The van der Waals surface area contributed by atoms with Crippen LogP contribution in [-0.4, -0.2) is 18.3 Å². The summed E-state index contributed by atoms with van der Waals surface area (Å²) in [6.07, 6.45) is 0.918. The van der Waals surface area contributed by atoms with Crippen LogP contribution in [0.5, 0.6) is 0 Å². The van der Waals surface area contributed by atoms with Crippen LogP contribution >= 0.6 is 23.2 Å². The molecule has 0 aliphatic heterocycles. The molecule has 0 radical (unpaired) electrons. The van der Waals surface area contributed by atoms with Gasteiger partial charge in [0.05, 0.1) is 6.61 Å². The van der Waals surface area contributed by atoms with E-state index in [1.807, 2.05) is 12.1 Å². The van der Waals surface area contributed by atoms with Gasteiger partial charge >= 0.3 is 0 Å². The van der Waals surface area contributed by atoms with E-state index >= 15 is 0 Å². The van der Waals surface area contributed by atoms with E-state index < -0.39 is 0 Å². The Bertz CT molecular complexity index is 317. The Balaban J connectivity index is 2.81. The Kier molecular flexibility index (Phi) is 5.40. The molecule has 0 fully saturated rings. The molecule has 1 aromatic rings. The molecule has 0 aromatic heterocycles. The molecule has 0 bridgehead atoms. The lowest BCUT2D eigenvalue weighted by Gasteiger charge is -2.18.